The topological polar surface area (TPSA) is 38.7 Å². The molecule has 0 saturated carbocycles. The molecule has 1 aromatic carbocycles. The Balaban J connectivity index is 2.55. The molecule has 0 atom stereocenters. The number of aliphatic imine (C=N–C) groups is 1. The van der Waals surface area contributed by atoms with Crippen LogP contribution in [0, 0.1) is 5.41 Å². The van der Waals surface area contributed by atoms with Crippen molar-refractivity contribution < 1.29 is 9.53 Å². The molecule has 96 valence electrons. The van der Waals surface area contributed by atoms with Gasteiger partial charge in [-0.3, -0.25) is 9.79 Å². The Morgan fingerprint density at radius 3 is 2.56 bits per heavy atom. The van der Waals surface area contributed by atoms with Crippen molar-refractivity contribution in [3.8, 4) is 5.75 Å². The SMILES string of the molecule is COc1cc(C(=O)C(C)(C)C)cc2c1CN=C2C. The van der Waals surface area contributed by atoms with Crippen LogP contribution in [0.5, 0.6) is 5.75 Å². The fraction of sp³-hybridized carbons (Fsp3) is 0.467. The maximum absolute atomic E-state index is 12.3. The number of rotatable bonds is 2. The van der Waals surface area contributed by atoms with E-state index in [1.54, 1.807) is 7.11 Å². The lowest BCUT2D eigenvalue weighted by atomic mass is 9.85. The van der Waals surface area contributed by atoms with E-state index in [-0.39, 0.29) is 11.2 Å². The Labute approximate surface area is 108 Å². The molecule has 0 bridgehead atoms. The van der Waals surface area contributed by atoms with Gasteiger partial charge < -0.3 is 4.74 Å². The zero-order chi connectivity index (χ0) is 13.5. The Bertz CT molecular complexity index is 536. The minimum Gasteiger partial charge on any atom is -0.496 e. The first-order valence-electron chi connectivity index (χ1n) is 6.11. The number of carbonyl (C=O) groups excluding carboxylic acids is 1. The van der Waals surface area contributed by atoms with Crippen LogP contribution >= 0.6 is 0 Å². The van der Waals surface area contributed by atoms with Crippen LogP contribution in [0.25, 0.3) is 0 Å². The van der Waals surface area contributed by atoms with Crippen LogP contribution in [0.15, 0.2) is 17.1 Å². The minimum atomic E-state index is -0.386. The lowest BCUT2D eigenvalue weighted by molar-refractivity contribution is 0.0858. The van der Waals surface area contributed by atoms with Crippen LogP contribution in [-0.2, 0) is 6.54 Å². The summed E-state index contributed by atoms with van der Waals surface area (Å²) >= 11 is 0. The van der Waals surface area contributed by atoms with Gasteiger partial charge in [0, 0.05) is 27.8 Å². The zero-order valence-corrected chi connectivity index (χ0v) is 11.6. The lowest BCUT2D eigenvalue weighted by Gasteiger charge is -2.18. The van der Waals surface area contributed by atoms with Crippen molar-refractivity contribution in [1.29, 1.82) is 0 Å². The number of hydrogen-bond donors (Lipinski definition) is 0. The van der Waals surface area contributed by atoms with Gasteiger partial charge in [-0.1, -0.05) is 20.8 Å². The van der Waals surface area contributed by atoms with E-state index in [0.717, 1.165) is 22.6 Å². The fourth-order valence-corrected chi connectivity index (χ4v) is 2.16. The first-order valence-corrected chi connectivity index (χ1v) is 6.11. The highest BCUT2D eigenvalue weighted by molar-refractivity contribution is 6.07. The molecule has 0 saturated heterocycles. The summed E-state index contributed by atoms with van der Waals surface area (Å²) in [5, 5.41) is 0. The molecule has 0 aromatic heterocycles. The third-order valence-electron chi connectivity index (χ3n) is 3.24. The predicted octanol–water partition coefficient (Wildman–Crippen LogP) is 3.25. The van der Waals surface area contributed by atoms with Crippen LogP contribution in [-0.4, -0.2) is 18.6 Å². The van der Waals surface area contributed by atoms with E-state index in [1.165, 1.54) is 0 Å². The third kappa shape index (κ3) is 2.05. The van der Waals surface area contributed by atoms with Crippen molar-refractivity contribution in [2.75, 3.05) is 7.11 Å². The molecule has 0 amide bonds. The van der Waals surface area contributed by atoms with E-state index in [0.29, 0.717) is 12.1 Å². The molecule has 0 fully saturated rings. The molecular weight excluding hydrogens is 226 g/mol. The van der Waals surface area contributed by atoms with Gasteiger partial charge in [-0.2, -0.15) is 0 Å². The molecule has 18 heavy (non-hydrogen) atoms. The number of Topliss-reactive ketones (excluding diaryl/α,β-unsaturated/α-hetero) is 1. The molecule has 1 aliphatic heterocycles. The summed E-state index contributed by atoms with van der Waals surface area (Å²) in [4.78, 5) is 16.7. The first-order chi connectivity index (χ1) is 8.34. The first kappa shape index (κ1) is 12.8. The van der Waals surface area contributed by atoms with E-state index >= 15 is 0 Å². The number of methoxy groups -OCH3 is 1. The Morgan fingerprint density at radius 1 is 1.33 bits per heavy atom. The molecule has 1 aliphatic rings. The van der Waals surface area contributed by atoms with Crippen LogP contribution in [0.4, 0.5) is 0 Å². The summed E-state index contributed by atoms with van der Waals surface area (Å²) in [5.41, 5.74) is 3.42. The maximum atomic E-state index is 12.3. The van der Waals surface area contributed by atoms with Gasteiger partial charge in [-0.05, 0) is 19.1 Å². The number of hydrogen-bond acceptors (Lipinski definition) is 3. The van der Waals surface area contributed by atoms with Crippen LogP contribution in [0.3, 0.4) is 0 Å². The summed E-state index contributed by atoms with van der Waals surface area (Å²) in [6.45, 7) is 8.40. The van der Waals surface area contributed by atoms with E-state index in [2.05, 4.69) is 4.99 Å². The van der Waals surface area contributed by atoms with E-state index in [4.69, 9.17) is 4.74 Å². The Hall–Kier alpha value is -1.64. The second kappa shape index (κ2) is 4.23. The molecule has 0 spiro atoms. The van der Waals surface area contributed by atoms with E-state index in [1.807, 2.05) is 39.8 Å². The van der Waals surface area contributed by atoms with Crippen LogP contribution in [0.2, 0.25) is 0 Å². The fourth-order valence-electron chi connectivity index (χ4n) is 2.16. The number of fused-ring (bicyclic) bond motifs is 1. The summed E-state index contributed by atoms with van der Waals surface area (Å²) < 4.78 is 5.38. The smallest absolute Gasteiger partial charge is 0.168 e. The van der Waals surface area contributed by atoms with Gasteiger partial charge >= 0.3 is 0 Å². The summed E-state index contributed by atoms with van der Waals surface area (Å²) in [5.74, 6) is 0.893. The molecule has 0 N–H and O–H groups in total. The molecule has 3 heteroatoms. The minimum absolute atomic E-state index is 0.128. The standard InChI is InChI=1S/C15H19NO2/c1-9-11-6-10(14(17)15(2,3)4)7-13(18-5)12(11)8-16-9/h6-7H,8H2,1-5H3. The normalized spacial score (nSPS) is 14.2. The second-order valence-electron chi connectivity index (χ2n) is 5.69. The summed E-state index contributed by atoms with van der Waals surface area (Å²) in [6, 6.07) is 3.78. The Kier molecular flexibility index (Phi) is 3.01. The highest BCUT2D eigenvalue weighted by atomic mass is 16.5. The maximum Gasteiger partial charge on any atom is 0.168 e. The largest absolute Gasteiger partial charge is 0.496 e. The number of carbonyl (C=O) groups is 1. The van der Waals surface area contributed by atoms with Gasteiger partial charge in [-0.15, -0.1) is 0 Å². The van der Waals surface area contributed by atoms with Crippen molar-refractivity contribution in [3.63, 3.8) is 0 Å². The van der Waals surface area contributed by atoms with Gasteiger partial charge in [0.1, 0.15) is 5.75 Å². The number of ether oxygens (including phenoxy) is 1. The average molecular weight is 245 g/mol. The highest BCUT2D eigenvalue weighted by Gasteiger charge is 2.26. The molecule has 0 aliphatic carbocycles. The number of benzene rings is 1. The molecule has 3 nitrogen and oxygen atoms in total. The van der Waals surface area contributed by atoms with Gasteiger partial charge in [0.25, 0.3) is 0 Å². The van der Waals surface area contributed by atoms with Gasteiger partial charge in [0.2, 0.25) is 0 Å². The number of nitrogens with zero attached hydrogens (tertiary/aromatic N) is 1. The van der Waals surface area contributed by atoms with Crippen molar-refractivity contribution in [3.05, 3.63) is 28.8 Å². The quantitative estimate of drug-likeness (QED) is 0.750. The molecular formula is C15H19NO2. The van der Waals surface area contributed by atoms with Crippen molar-refractivity contribution in [2.24, 2.45) is 10.4 Å². The van der Waals surface area contributed by atoms with Gasteiger partial charge in [-0.25, -0.2) is 0 Å². The van der Waals surface area contributed by atoms with Gasteiger partial charge in [0.15, 0.2) is 5.78 Å². The zero-order valence-electron chi connectivity index (χ0n) is 11.6. The molecule has 1 heterocycles. The summed E-state index contributed by atoms with van der Waals surface area (Å²) in [7, 11) is 1.63. The van der Waals surface area contributed by atoms with Crippen molar-refractivity contribution >= 4 is 11.5 Å². The highest BCUT2D eigenvalue weighted by Crippen LogP contribution is 2.32. The van der Waals surface area contributed by atoms with E-state index < -0.39 is 0 Å². The van der Waals surface area contributed by atoms with Crippen molar-refractivity contribution in [2.45, 2.75) is 34.2 Å². The number of ketones is 1. The molecule has 2 rings (SSSR count). The van der Waals surface area contributed by atoms with Crippen LogP contribution in [0.1, 0.15) is 49.2 Å². The Morgan fingerprint density at radius 2 is 2.00 bits per heavy atom. The predicted molar refractivity (Wildman–Crippen MR) is 72.7 cm³/mol. The molecule has 1 aromatic rings. The lowest BCUT2D eigenvalue weighted by Crippen LogP contribution is -2.20. The summed E-state index contributed by atoms with van der Waals surface area (Å²) in [6.07, 6.45) is 0. The van der Waals surface area contributed by atoms with E-state index in [9.17, 15) is 4.79 Å². The van der Waals surface area contributed by atoms with Crippen LogP contribution < -0.4 is 4.74 Å². The average Bonchev–Trinajstić information content (AvgIpc) is 2.68. The van der Waals surface area contributed by atoms with Crippen molar-refractivity contribution in [1.82, 2.24) is 0 Å². The second-order valence-corrected chi connectivity index (χ2v) is 5.69. The monoisotopic (exact) mass is 245 g/mol. The molecule has 0 radical (unpaired) electrons. The molecule has 0 unspecified atom stereocenters. The third-order valence-corrected chi connectivity index (χ3v) is 3.24. The van der Waals surface area contributed by atoms with Gasteiger partial charge in [0.05, 0.1) is 13.7 Å².